The van der Waals surface area contributed by atoms with Gasteiger partial charge in [0.1, 0.15) is 6.10 Å². The predicted octanol–water partition coefficient (Wildman–Crippen LogP) is 3.39. The molecule has 4 nitrogen and oxygen atoms in total. The van der Waals surface area contributed by atoms with Gasteiger partial charge in [0.25, 0.3) is 0 Å². The van der Waals surface area contributed by atoms with Crippen LogP contribution in [0.25, 0.3) is 0 Å². The summed E-state index contributed by atoms with van der Waals surface area (Å²) in [6.07, 6.45) is 10.8. The minimum Gasteiger partial charge on any atom is -0.460 e. The van der Waals surface area contributed by atoms with Gasteiger partial charge in [0.05, 0.1) is 0 Å². The van der Waals surface area contributed by atoms with Gasteiger partial charge in [-0.1, -0.05) is 19.8 Å². The van der Waals surface area contributed by atoms with Crippen LogP contribution in [0.1, 0.15) is 63.1 Å². The topological polar surface area (TPSA) is 47.0 Å². The van der Waals surface area contributed by atoms with Crippen LogP contribution in [0, 0.1) is 6.92 Å². The molecule has 4 heteroatoms. The summed E-state index contributed by atoms with van der Waals surface area (Å²) in [6.45, 7) is 6.06. The molecule has 0 saturated heterocycles. The summed E-state index contributed by atoms with van der Waals surface area (Å²) < 4.78 is 5.95. The molecule has 1 saturated carbocycles. The van der Waals surface area contributed by atoms with E-state index in [0.29, 0.717) is 12.1 Å². The molecule has 1 aromatic rings. The van der Waals surface area contributed by atoms with E-state index < -0.39 is 0 Å². The molecule has 0 atom stereocenters. The highest BCUT2D eigenvalue weighted by Crippen LogP contribution is 2.21. The van der Waals surface area contributed by atoms with Crippen LogP contribution in [0.5, 0.6) is 6.01 Å². The van der Waals surface area contributed by atoms with Crippen molar-refractivity contribution in [3.8, 4) is 6.01 Å². The van der Waals surface area contributed by atoms with Crippen LogP contribution in [0.15, 0.2) is 6.20 Å². The summed E-state index contributed by atoms with van der Waals surface area (Å²) in [5.74, 6) is 0. The van der Waals surface area contributed by atoms with Crippen molar-refractivity contribution in [1.82, 2.24) is 15.3 Å². The highest BCUT2D eigenvalue weighted by atomic mass is 16.5. The van der Waals surface area contributed by atoms with Gasteiger partial charge >= 0.3 is 6.01 Å². The normalized spacial score (nSPS) is 16.9. The lowest BCUT2D eigenvalue weighted by atomic mass is 10.1. The Kier molecular flexibility index (Phi) is 6.25. The van der Waals surface area contributed by atoms with Crippen LogP contribution in [0.3, 0.4) is 0 Å². The Bertz CT molecular complexity index is 401. The lowest BCUT2D eigenvalue weighted by Gasteiger charge is -2.16. The summed E-state index contributed by atoms with van der Waals surface area (Å²) in [5.41, 5.74) is 2.18. The quantitative estimate of drug-likeness (QED) is 0.639. The first kappa shape index (κ1) is 15.2. The lowest BCUT2D eigenvalue weighted by Crippen LogP contribution is -2.18. The summed E-state index contributed by atoms with van der Waals surface area (Å²) in [5, 5.41) is 3.38. The summed E-state index contributed by atoms with van der Waals surface area (Å²) >= 11 is 0. The van der Waals surface area contributed by atoms with E-state index in [4.69, 9.17) is 4.74 Å². The Morgan fingerprint density at radius 1 is 1.25 bits per heavy atom. The molecule has 0 aromatic carbocycles. The molecule has 0 amide bonds. The van der Waals surface area contributed by atoms with Gasteiger partial charge in [0.15, 0.2) is 0 Å². The molecule has 1 aliphatic carbocycles. The van der Waals surface area contributed by atoms with Crippen LogP contribution >= 0.6 is 0 Å². The number of ether oxygens (including phenoxy) is 1. The van der Waals surface area contributed by atoms with E-state index >= 15 is 0 Å². The van der Waals surface area contributed by atoms with Crippen molar-refractivity contribution in [2.24, 2.45) is 0 Å². The maximum atomic E-state index is 5.95. The number of aromatic nitrogens is 2. The molecule has 0 aliphatic heterocycles. The maximum absolute atomic E-state index is 5.95. The fourth-order valence-corrected chi connectivity index (χ4v) is 2.61. The van der Waals surface area contributed by atoms with E-state index in [-0.39, 0.29) is 0 Å². The van der Waals surface area contributed by atoms with Crippen LogP contribution < -0.4 is 10.1 Å². The summed E-state index contributed by atoms with van der Waals surface area (Å²) in [7, 11) is 0. The van der Waals surface area contributed by atoms with E-state index in [1.165, 1.54) is 25.7 Å². The Morgan fingerprint density at radius 3 is 2.65 bits per heavy atom. The second-order valence-electron chi connectivity index (χ2n) is 5.67. The Hall–Kier alpha value is -1.16. The van der Waals surface area contributed by atoms with Gasteiger partial charge in [-0.3, -0.25) is 0 Å². The fraction of sp³-hybridized carbons (Fsp3) is 0.750. The van der Waals surface area contributed by atoms with Gasteiger partial charge in [0, 0.05) is 24.0 Å². The maximum Gasteiger partial charge on any atom is 0.316 e. The molecule has 1 aliphatic rings. The highest BCUT2D eigenvalue weighted by Gasteiger charge is 2.15. The largest absolute Gasteiger partial charge is 0.460 e. The zero-order chi connectivity index (χ0) is 14.2. The molecule has 0 spiro atoms. The van der Waals surface area contributed by atoms with Gasteiger partial charge in [-0.05, 0) is 45.6 Å². The molecule has 1 N–H and O–H groups in total. The highest BCUT2D eigenvalue weighted by molar-refractivity contribution is 5.17. The van der Waals surface area contributed by atoms with Gasteiger partial charge in [0.2, 0.25) is 0 Å². The molecule has 0 radical (unpaired) electrons. The molecule has 20 heavy (non-hydrogen) atoms. The Morgan fingerprint density at radius 2 is 2.00 bits per heavy atom. The molecule has 1 aromatic heterocycles. The van der Waals surface area contributed by atoms with E-state index in [1.807, 2.05) is 13.1 Å². The third-order valence-electron chi connectivity index (χ3n) is 3.88. The zero-order valence-electron chi connectivity index (χ0n) is 12.8. The lowest BCUT2D eigenvalue weighted by molar-refractivity contribution is 0.167. The molecule has 1 heterocycles. The number of rotatable bonds is 6. The van der Waals surface area contributed by atoms with Crippen LogP contribution in [0.4, 0.5) is 0 Å². The van der Waals surface area contributed by atoms with E-state index in [0.717, 1.165) is 43.6 Å². The number of aryl methyl sites for hydroxylation is 1. The van der Waals surface area contributed by atoms with E-state index in [1.54, 1.807) is 0 Å². The zero-order valence-corrected chi connectivity index (χ0v) is 12.8. The van der Waals surface area contributed by atoms with Gasteiger partial charge in [-0.2, -0.15) is 0 Å². The molecule has 0 bridgehead atoms. The minimum absolute atomic E-state index is 0.306. The molecule has 2 rings (SSSR count). The van der Waals surface area contributed by atoms with Crippen molar-refractivity contribution in [3.63, 3.8) is 0 Å². The van der Waals surface area contributed by atoms with Crippen molar-refractivity contribution < 1.29 is 4.74 Å². The fourth-order valence-electron chi connectivity index (χ4n) is 2.61. The van der Waals surface area contributed by atoms with Crippen molar-refractivity contribution in [1.29, 1.82) is 0 Å². The predicted molar refractivity (Wildman–Crippen MR) is 80.9 cm³/mol. The first-order valence-electron chi connectivity index (χ1n) is 7.99. The second kappa shape index (κ2) is 8.20. The Labute approximate surface area is 122 Å². The smallest absolute Gasteiger partial charge is 0.316 e. The standard InChI is InChI=1S/C16H27N3O/c1-3-10-17-11-14-12-18-16(19-13(14)2)20-15-8-6-4-5-7-9-15/h12,15,17H,3-11H2,1-2H3. The number of nitrogens with one attached hydrogen (secondary N) is 1. The molecular weight excluding hydrogens is 250 g/mol. The van der Waals surface area contributed by atoms with E-state index in [9.17, 15) is 0 Å². The van der Waals surface area contributed by atoms with Crippen molar-refractivity contribution in [2.45, 2.75) is 71.4 Å². The SMILES string of the molecule is CCCNCc1cnc(OC2CCCCCC2)nc1C. The number of nitrogens with zero attached hydrogens (tertiary/aromatic N) is 2. The third kappa shape index (κ3) is 4.75. The monoisotopic (exact) mass is 277 g/mol. The molecule has 1 fully saturated rings. The van der Waals surface area contributed by atoms with E-state index in [2.05, 4.69) is 22.2 Å². The first-order chi connectivity index (χ1) is 9.79. The molecule has 112 valence electrons. The van der Waals surface area contributed by atoms with Gasteiger partial charge < -0.3 is 10.1 Å². The van der Waals surface area contributed by atoms with Crippen LogP contribution in [-0.4, -0.2) is 22.6 Å². The average molecular weight is 277 g/mol. The van der Waals surface area contributed by atoms with Crippen LogP contribution in [0.2, 0.25) is 0 Å². The van der Waals surface area contributed by atoms with Crippen molar-refractivity contribution in [2.75, 3.05) is 6.54 Å². The second-order valence-corrected chi connectivity index (χ2v) is 5.67. The van der Waals surface area contributed by atoms with Gasteiger partial charge in [-0.15, -0.1) is 0 Å². The van der Waals surface area contributed by atoms with Crippen molar-refractivity contribution in [3.05, 3.63) is 17.5 Å². The average Bonchev–Trinajstić information content (AvgIpc) is 2.70. The number of hydrogen-bond acceptors (Lipinski definition) is 4. The first-order valence-corrected chi connectivity index (χ1v) is 7.99. The number of hydrogen-bond donors (Lipinski definition) is 1. The van der Waals surface area contributed by atoms with Crippen LogP contribution in [-0.2, 0) is 6.54 Å². The third-order valence-corrected chi connectivity index (χ3v) is 3.88. The Balaban J connectivity index is 1.90. The van der Waals surface area contributed by atoms with Gasteiger partial charge in [-0.25, -0.2) is 9.97 Å². The van der Waals surface area contributed by atoms with Crippen molar-refractivity contribution >= 4 is 0 Å². The summed E-state index contributed by atoms with van der Waals surface area (Å²) in [6, 6.07) is 0.550. The molecule has 0 unspecified atom stereocenters. The summed E-state index contributed by atoms with van der Waals surface area (Å²) in [4.78, 5) is 8.87. The molecular formula is C16H27N3O. The minimum atomic E-state index is 0.306.